The highest BCUT2D eigenvalue weighted by Gasteiger charge is 2.25. The Labute approximate surface area is 236 Å². The van der Waals surface area contributed by atoms with Crippen LogP contribution in [0.4, 0.5) is 9.18 Å². The minimum absolute atomic E-state index is 0.0141. The molecule has 4 rings (SSSR count). The van der Waals surface area contributed by atoms with Crippen LogP contribution in [0.1, 0.15) is 34.1 Å². The van der Waals surface area contributed by atoms with Crippen LogP contribution in [0.2, 0.25) is 0 Å². The summed E-state index contributed by atoms with van der Waals surface area (Å²) < 4.78 is 25.1. The van der Waals surface area contributed by atoms with E-state index in [0.717, 1.165) is 17.2 Å². The highest BCUT2D eigenvalue weighted by Crippen LogP contribution is 2.24. The Hall–Kier alpha value is -5.12. The van der Waals surface area contributed by atoms with E-state index in [0.29, 0.717) is 23.2 Å². The fraction of sp³-hybridized carbons (Fsp3) is 0.194. The molecule has 0 saturated carbocycles. The summed E-state index contributed by atoms with van der Waals surface area (Å²) in [5.41, 5.74) is 3.28. The van der Waals surface area contributed by atoms with Crippen molar-refractivity contribution in [2.75, 3.05) is 6.54 Å². The molecule has 0 aliphatic carbocycles. The van der Waals surface area contributed by atoms with Crippen LogP contribution >= 0.6 is 0 Å². The summed E-state index contributed by atoms with van der Waals surface area (Å²) in [4.78, 5) is 46.7. The van der Waals surface area contributed by atoms with Crippen molar-refractivity contribution in [2.45, 2.75) is 32.6 Å². The SMILES string of the molecule is CCc1ncncc1-c1cc(F)cc(C(=O)NC[C@@H](NC(=O)OCc2ccccc2)C(=O)OCc2ccccc2)c1. The maximum Gasteiger partial charge on any atom is 0.408 e. The zero-order valence-corrected chi connectivity index (χ0v) is 22.4. The molecular weight excluding hydrogens is 527 g/mol. The number of rotatable bonds is 11. The predicted molar refractivity (Wildman–Crippen MR) is 149 cm³/mol. The van der Waals surface area contributed by atoms with Gasteiger partial charge in [0.25, 0.3) is 5.91 Å². The van der Waals surface area contributed by atoms with Gasteiger partial charge in [-0.25, -0.2) is 23.9 Å². The van der Waals surface area contributed by atoms with Crippen molar-refractivity contribution in [1.82, 2.24) is 20.6 Å². The Morgan fingerprint density at radius 3 is 2.22 bits per heavy atom. The smallest absolute Gasteiger partial charge is 0.408 e. The van der Waals surface area contributed by atoms with E-state index < -0.39 is 29.8 Å². The van der Waals surface area contributed by atoms with E-state index in [9.17, 15) is 18.8 Å². The van der Waals surface area contributed by atoms with Crippen molar-refractivity contribution in [2.24, 2.45) is 0 Å². The molecule has 41 heavy (non-hydrogen) atoms. The molecule has 0 saturated heterocycles. The Kier molecular flexibility index (Phi) is 10.1. The van der Waals surface area contributed by atoms with Gasteiger partial charge in [0.2, 0.25) is 0 Å². The van der Waals surface area contributed by atoms with Gasteiger partial charge in [0.15, 0.2) is 0 Å². The molecule has 0 aliphatic rings. The summed E-state index contributed by atoms with van der Waals surface area (Å²) >= 11 is 0. The van der Waals surface area contributed by atoms with Gasteiger partial charge in [-0.05, 0) is 41.3 Å². The van der Waals surface area contributed by atoms with Gasteiger partial charge in [0, 0.05) is 23.9 Å². The average Bonchev–Trinajstić information content (AvgIpc) is 3.01. The lowest BCUT2D eigenvalue weighted by molar-refractivity contribution is -0.147. The summed E-state index contributed by atoms with van der Waals surface area (Å²) in [7, 11) is 0. The number of halogens is 1. The second kappa shape index (κ2) is 14.3. The van der Waals surface area contributed by atoms with Gasteiger partial charge in [-0.15, -0.1) is 0 Å². The Morgan fingerprint density at radius 1 is 0.902 bits per heavy atom. The van der Waals surface area contributed by atoms with Gasteiger partial charge in [0.1, 0.15) is 31.4 Å². The first kappa shape index (κ1) is 28.9. The highest BCUT2D eigenvalue weighted by molar-refractivity contribution is 5.96. The minimum atomic E-state index is -1.27. The first-order valence-electron chi connectivity index (χ1n) is 13.0. The quantitative estimate of drug-likeness (QED) is 0.259. The molecule has 2 amide bonds. The van der Waals surface area contributed by atoms with Gasteiger partial charge in [-0.3, -0.25) is 4.79 Å². The fourth-order valence-corrected chi connectivity index (χ4v) is 3.98. The number of esters is 1. The third kappa shape index (κ3) is 8.43. The number of amides is 2. The third-order valence-electron chi connectivity index (χ3n) is 6.08. The number of nitrogens with one attached hydrogen (secondary N) is 2. The number of benzene rings is 3. The standard InChI is InChI=1S/C31H29FN4O5/c1-2-27-26(16-33-20-35-27)23-13-24(15-25(32)14-23)29(37)34-17-28(30(38)40-18-21-9-5-3-6-10-21)36-31(39)41-19-22-11-7-4-8-12-22/h3-16,20,28H,2,17-19H2,1H3,(H,34,37)(H,36,39)/t28-/m1/s1. The summed E-state index contributed by atoms with van der Waals surface area (Å²) in [6.07, 6.45) is 2.69. The van der Waals surface area contributed by atoms with E-state index in [1.807, 2.05) is 31.2 Å². The number of carbonyl (C=O) groups excluding carboxylic acids is 3. The van der Waals surface area contributed by atoms with E-state index in [2.05, 4.69) is 20.6 Å². The molecule has 9 nitrogen and oxygen atoms in total. The highest BCUT2D eigenvalue weighted by atomic mass is 19.1. The predicted octanol–water partition coefficient (Wildman–Crippen LogP) is 4.61. The number of hydrogen-bond donors (Lipinski definition) is 2. The fourth-order valence-electron chi connectivity index (χ4n) is 3.98. The normalized spacial score (nSPS) is 11.3. The molecule has 1 heterocycles. The maximum atomic E-state index is 14.5. The van der Waals surface area contributed by atoms with Gasteiger partial charge >= 0.3 is 12.1 Å². The van der Waals surface area contributed by atoms with Gasteiger partial charge in [-0.2, -0.15) is 0 Å². The largest absolute Gasteiger partial charge is 0.459 e. The molecule has 0 bridgehead atoms. The van der Waals surface area contributed by atoms with E-state index in [1.165, 1.54) is 18.5 Å². The average molecular weight is 557 g/mol. The lowest BCUT2D eigenvalue weighted by atomic mass is 10.0. The van der Waals surface area contributed by atoms with E-state index in [1.54, 1.807) is 42.6 Å². The van der Waals surface area contributed by atoms with Crippen molar-refractivity contribution in [3.8, 4) is 11.1 Å². The summed E-state index contributed by atoms with van der Waals surface area (Å²) in [6.45, 7) is 1.54. The number of ether oxygens (including phenoxy) is 2. The first-order valence-corrected chi connectivity index (χ1v) is 13.0. The van der Waals surface area contributed by atoms with Gasteiger partial charge in [-0.1, -0.05) is 67.6 Å². The van der Waals surface area contributed by atoms with Crippen LogP contribution in [-0.2, 0) is 33.9 Å². The summed E-state index contributed by atoms with van der Waals surface area (Å²) in [6, 6.07) is 20.7. The van der Waals surface area contributed by atoms with Crippen molar-refractivity contribution >= 4 is 18.0 Å². The Bertz CT molecular complexity index is 1480. The number of aryl methyl sites for hydroxylation is 1. The van der Waals surface area contributed by atoms with Crippen LogP contribution in [0.3, 0.4) is 0 Å². The van der Waals surface area contributed by atoms with Crippen LogP contribution in [0.15, 0.2) is 91.4 Å². The molecule has 2 N–H and O–H groups in total. The van der Waals surface area contributed by atoms with E-state index in [-0.39, 0.29) is 25.3 Å². The van der Waals surface area contributed by atoms with Crippen molar-refractivity contribution in [3.05, 3.63) is 120 Å². The molecule has 0 aliphatic heterocycles. The molecule has 1 aromatic heterocycles. The topological polar surface area (TPSA) is 120 Å². The molecule has 4 aromatic rings. The number of nitrogens with zero attached hydrogens (tertiary/aromatic N) is 2. The van der Waals surface area contributed by atoms with Gasteiger partial charge < -0.3 is 20.1 Å². The number of alkyl carbamates (subject to hydrolysis) is 1. The Morgan fingerprint density at radius 2 is 1.56 bits per heavy atom. The van der Waals surface area contributed by atoms with Crippen LogP contribution in [0, 0.1) is 5.82 Å². The van der Waals surface area contributed by atoms with Crippen LogP contribution in [0.5, 0.6) is 0 Å². The molecular formula is C31H29FN4O5. The zero-order valence-electron chi connectivity index (χ0n) is 22.4. The molecule has 0 spiro atoms. The lowest BCUT2D eigenvalue weighted by Crippen LogP contribution is -2.49. The van der Waals surface area contributed by atoms with Crippen LogP contribution in [0.25, 0.3) is 11.1 Å². The van der Waals surface area contributed by atoms with Gasteiger partial charge in [0.05, 0.1) is 5.69 Å². The molecule has 3 aromatic carbocycles. The van der Waals surface area contributed by atoms with E-state index >= 15 is 0 Å². The van der Waals surface area contributed by atoms with Crippen LogP contribution < -0.4 is 10.6 Å². The monoisotopic (exact) mass is 556 g/mol. The molecule has 0 unspecified atom stereocenters. The number of aromatic nitrogens is 2. The second-order valence-electron chi connectivity index (χ2n) is 9.03. The summed E-state index contributed by atoms with van der Waals surface area (Å²) in [5.74, 6) is -2.05. The maximum absolute atomic E-state index is 14.5. The van der Waals surface area contributed by atoms with E-state index in [4.69, 9.17) is 9.47 Å². The zero-order chi connectivity index (χ0) is 29.0. The number of hydrogen-bond acceptors (Lipinski definition) is 7. The van der Waals surface area contributed by atoms with Crippen molar-refractivity contribution in [3.63, 3.8) is 0 Å². The van der Waals surface area contributed by atoms with Crippen LogP contribution in [-0.4, -0.2) is 40.5 Å². The minimum Gasteiger partial charge on any atom is -0.459 e. The molecule has 1 atom stereocenters. The first-order chi connectivity index (χ1) is 19.9. The third-order valence-corrected chi connectivity index (χ3v) is 6.08. The second-order valence-corrected chi connectivity index (χ2v) is 9.03. The van der Waals surface area contributed by atoms with Crippen molar-refractivity contribution in [1.29, 1.82) is 0 Å². The molecule has 10 heteroatoms. The Balaban J connectivity index is 1.45. The molecule has 0 radical (unpaired) electrons. The number of carbonyl (C=O) groups is 3. The lowest BCUT2D eigenvalue weighted by Gasteiger charge is -2.18. The molecule has 210 valence electrons. The summed E-state index contributed by atoms with van der Waals surface area (Å²) in [5, 5.41) is 5.04. The van der Waals surface area contributed by atoms with Crippen molar-refractivity contribution < 1.29 is 28.2 Å². The molecule has 0 fully saturated rings.